The second kappa shape index (κ2) is 7.95. The van der Waals surface area contributed by atoms with Crippen molar-refractivity contribution in [3.63, 3.8) is 0 Å². The molecule has 4 nitrogen and oxygen atoms in total. The van der Waals surface area contributed by atoms with Gasteiger partial charge in [0.25, 0.3) is 0 Å². The van der Waals surface area contributed by atoms with Crippen molar-refractivity contribution in [3.8, 4) is 0 Å². The summed E-state index contributed by atoms with van der Waals surface area (Å²) < 4.78 is 0. The Morgan fingerprint density at radius 2 is 2.35 bits per heavy atom. The zero-order valence-corrected chi connectivity index (χ0v) is 11.1. The van der Waals surface area contributed by atoms with Gasteiger partial charge in [-0.15, -0.1) is 11.8 Å². The van der Waals surface area contributed by atoms with Crippen LogP contribution in [0, 0.1) is 0 Å². The molecule has 1 heterocycles. The molecule has 2 N–H and O–H groups in total. The summed E-state index contributed by atoms with van der Waals surface area (Å²) in [5, 5.41) is 5.85. The van der Waals surface area contributed by atoms with Gasteiger partial charge in [0.2, 0.25) is 5.91 Å². The average Bonchev–Trinajstić information content (AvgIpc) is 2.36. The SMILES string of the molecule is CCCNc1cc(CSCC(=O)NC)ccn1. The monoisotopic (exact) mass is 253 g/mol. The summed E-state index contributed by atoms with van der Waals surface area (Å²) in [6.45, 7) is 3.05. The number of anilines is 1. The van der Waals surface area contributed by atoms with Crippen molar-refractivity contribution in [2.24, 2.45) is 0 Å². The predicted molar refractivity (Wildman–Crippen MR) is 73.2 cm³/mol. The van der Waals surface area contributed by atoms with Gasteiger partial charge in [0.1, 0.15) is 5.82 Å². The largest absolute Gasteiger partial charge is 0.370 e. The van der Waals surface area contributed by atoms with Crippen molar-refractivity contribution in [2.45, 2.75) is 19.1 Å². The number of amides is 1. The molecule has 1 amide bonds. The molecule has 1 rings (SSSR count). The van der Waals surface area contributed by atoms with Crippen molar-refractivity contribution in [1.82, 2.24) is 10.3 Å². The van der Waals surface area contributed by atoms with Gasteiger partial charge >= 0.3 is 0 Å². The average molecular weight is 253 g/mol. The molecule has 0 unspecified atom stereocenters. The molecule has 5 heteroatoms. The molecule has 1 aromatic heterocycles. The number of hydrogen-bond acceptors (Lipinski definition) is 4. The van der Waals surface area contributed by atoms with Crippen LogP contribution in [0.2, 0.25) is 0 Å². The molecule has 17 heavy (non-hydrogen) atoms. The predicted octanol–water partition coefficient (Wildman–Crippen LogP) is 1.88. The van der Waals surface area contributed by atoms with Gasteiger partial charge in [-0.1, -0.05) is 6.92 Å². The summed E-state index contributed by atoms with van der Waals surface area (Å²) in [7, 11) is 1.65. The van der Waals surface area contributed by atoms with Crippen LogP contribution in [0.15, 0.2) is 18.3 Å². The van der Waals surface area contributed by atoms with Crippen LogP contribution in [0.4, 0.5) is 5.82 Å². The molecular formula is C12H19N3OS. The molecule has 0 radical (unpaired) electrons. The van der Waals surface area contributed by atoms with E-state index in [1.165, 1.54) is 5.56 Å². The third-order valence-electron chi connectivity index (χ3n) is 2.16. The first kappa shape index (κ1) is 13.8. The molecule has 0 aliphatic carbocycles. The molecule has 0 aliphatic rings. The number of nitrogens with zero attached hydrogens (tertiary/aromatic N) is 1. The lowest BCUT2D eigenvalue weighted by molar-refractivity contribution is -0.118. The summed E-state index contributed by atoms with van der Waals surface area (Å²) in [6, 6.07) is 4.01. The second-order valence-corrected chi connectivity index (χ2v) is 4.63. The summed E-state index contributed by atoms with van der Waals surface area (Å²) in [4.78, 5) is 15.3. The lowest BCUT2D eigenvalue weighted by Gasteiger charge is -2.06. The molecule has 1 aromatic rings. The van der Waals surface area contributed by atoms with E-state index in [2.05, 4.69) is 22.5 Å². The van der Waals surface area contributed by atoms with Gasteiger partial charge in [-0.2, -0.15) is 0 Å². The number of pyridine rings is 1. The van der Waals surface area contributed by atoms with Crippen molar-refractivity contribution in [2.75, 3.05) is 24.7 Å². The van der Waals surface area contributed by atoms with E-state index in [0.29, 0.717) is 5.75 Å². The number of carbonyl (C=O) groups is 1. The van der Waals surface area contributed by atoms with Gasteiger partial charge in [-0.05, 0) is 24.1 Å². The fourth-order valence-electron chi connectivity index (χ4n) is 1.25. The van der Waals surface area contributed by atoms with E-state index >= 15 is 0 Å². The molecule has 0 bridgehead atoms. The van der Waals surface area contributed by atoms with Crippen LogP contribution in [0.5, 0.6) is 0 Å². The Morgan fingerprint density at radius 3 is 3.06 bits per heavy atom. The first-order valence-corrected chi connectivity index (χ1v) is 6.89. The first-order valence-electron chi connectivity index (χ1n) is 5.73. The topological polar surface area (TPSA) is 54.0 Å². The quantitative estimate of drug-likeness (QED) is 0.779. The zero-order chi connectivity index (χ0) is 12.5. The van der Waals surface area contributed by atoms with Gasteiger partial charge in [0.05, 0.1) is 5.75 Å². The van der Waals surface area contributed by atoms with Crippen molar-refractivity contribution in [3.05, 3.63) is 23.9 Å². The minimum Gasteiger partial charge on any atom is -0.370 e. The maximum Gasteiger partial charge on any atom is 0.229 e. The number of rotatable bonds is 7. The third kappa shape index (κ3) is 5.58. The Hall–Kier alpha value is -1.23. The summed E-state index contributed by atoms with van der Waals surface area (Å²) >= 11 is 1.60. The zero-order valence-electron chi connectivity index (χ0n) is 10.3. The number of nitrogens with one attached hydrogen (secondary N) is 2. The van der Waals surface area contributed by atoms with Gasteiger partial charge in [-0.3, -0.25) is 4.79 Å². The minimum atomic E-state index is 0.0633. The highest BCUT2D eigenvalue weighted by Gasteiger charge is 2.00. The maximum absolute atomic E-state index is 11.1. The molecule has 0 aliphatic heterocycles. The third-order valence-corrected chi connectivity index (χ3v) is 3.16. The van der Waals surface area contributed by atoms with Gasteiger partial charge in [0.15, 0.2) is 0 Å². The Morgan fingerprint density at radius 1 is 1.53 bits per heavy atom. The number of carbonyl (C=O) groups excluding carboxylic acids is 1. The van der Waals surface area contributed by atoms with Gasteiger partial charge in [0, 0.05) is 25.5 Å². The molecule has 0 fully saturated rings. The fourth-order valence-corrected chi connectivity index (χ4v) is 2.09. The highest BCUT2D eigenvalue weighted by atomic mass is 32.2. The van der Waals surface area contributed by atoms with E-state index in [1.54, 1.807) is 25.0 Å². The van der Waals surface area contributed by atoms with Gasteiger partial charge in [-0.25, -0.2) is 4.98 Å². The van der Waals surface area contributed by atoms with E-state index in [-0.39, 0.29) is 5.91 Å². The molecule has 0 spiro atoms. The molecule has 0 saturated heterocycles. The molecule has 94 valence electrons. The first-order chi connectivity index (χ1) is 8.26. The number of hydrogen-bond donors (Lipinski definition) is 2. The Labute approximate surface area is 107 Å². The molecule has 0 atom stereocenters. The van der Waals surface area contributed by atoms with E-state index in [4.69, 9.17) is 0 Å². The van der Waals surface area contributed by atoms with Crippen LogP contribution in [0.25, 0.3) is 0 Å². The van der Waals surface area contributed by atoms with Crippen molar-refractivity contribution >= 4 is 23.5 Å². The summed E-state index contributed by atoms with van der Waals surface area (Å²) in [6.07, 6.45) is 2.88. The summed E-state index contributed by atoms with van der Waals surface area (Å²) in [5.41, 5.74) is 1.19. The van der Waals surface area contributed by atoms with Crippen LogP contribution in [-0.2, 0) is 10.5 Å². The smallest absolute Gasteiger partial charge is 0.229 e. The van der Waals surface area contributed by atoms with Crippen LogP contribution in [-0.4, -0.2) is 30.2 Å². The Balaban J connectivity index is 2.40. The summed E-state index contributed by atoms with van der Waals surface area (Å²) in [5.74, 6) is 2.30. The second-order valence-electron chi connectivity index (χ2n) is 3.64. The van der Waals surface area contributed by atoms with Crippen molar-refractivity contribution < 1.29 is 4.79 Å². The molecule has 0 aromatic carbocycles. The van der Waals surface area contributed by atoms with Crippen LogP contribution >= 0.6 is 11.8 Å². The van der Waals surface area contributed by atoms with E-state index in [0.717, 1.165) is 24.5 Å². The van der Waals surface area contributed by atoms with E-state index < -0.39 is 0 Å². The highest BCUT2D eigenvalue weighted by Crippen LogP contribution is 2.14. The number of aromatic nitrogens is 1. The normalized spacial score (nSPS) is 10.0. The fraction of sp³-hybridized carbons (Fsp3) is 0.500. The van der Waals surface area contributed by atoms with Crippen LogP contribution in [0.1, 0.15) is 18.9 Å². The van der Waals surface area contributed by atoms with E-state index in [1.807, 2.05) is 12.1 Å². The Bertz CT molecular complexity index is 357. The lowest BCUT2D eigenvalue weighted by Crippen LogP contribution is -2.19. The maximum atomic E-state index is 11.1. The van der Waals surface area contributed by atoms with Gasteiger partial charge < -0.3 is 10.6 Å². The number of thioether (sulfide) groups is 1. The van der Waals surface area contributed by atoms with E-state index in [9.17, 15) is 4.79 Å². The molecule has 0 saturated carbocycles. The van der Waals surface area contributed by atoms with Crippen LogP contribution in [0.3, 0.4) is 0 Å². The minimum absolute atomic E-state index is 0.0633. The Kier molecular flexibility index (Phi) is 6.47. The lowest BCUT2D eigenvalue weighted by atomic mass is 10.3. The highest BCUT2D eigenvalue weighted by molar-refractivity contribution is 7.99. The van der Waals surface area contributed by atoms with Crippen molar-refractivity contribution in [1.29, 1.82) is 0 Å². The van der Waals surface area contributed by atoms with Crippen LogP contribution < -0.4 is 10.6 Å². The standard InChI is InChI=1S/C12H19N3OS/c1-3-5-14-11-7-10(4-6-15-11)8-17-9-12(16)13-2/h4,6-7H,3,5,8-9H2,1-2H3,(H,13,16)(H,14,15). The molecular weight excluding hydrogens is 234 g/mol.